The first-order chi connectivity index (χ1) is 9.93. The summed E-state index contributed by atoms with van der Waals surface area (Å²) in [7, 11) is -3.69. The molecule has 0 bridgehead atoms. The fourth-order valence-electron chi connectivity index (χ4n) is 2.84. The molecular weight excluding hydrogens is 288 g/mol. The average molecular weight is 308 g/mol. The second-order valence-corrected chi connectivity index (χ2v) is 7.29. The molecule has 114 valence electrons. The maximum absolute atomic E-state index is 12.5. The first-order valence-corrected chi connectivity index (χ1v) is 8.52. The molecule has 7 heteroatoms. The number of nitrogens with zero attached hydrogens (tertiary/aromatic N) is 2. The summed E-state index contributed by atoms with van der Waals surface area (Å²) < 4.78 is 27.8. The highest BCUT2D eigenvalue weighted by atomic mass is 32.2. The Labute approximate surface area is 125 Å². The number of pyridine rings is 1. The van der Waals surface area contributed by atoms with Crippen molar-refractivity contribution < 1.29 is 8.42 Å². The molecule has 21 heavy (non-hydrogen) atoms. The Morgan fingerprint density at radius 2 is 2.29 bits per heavy atom. The molecule has 0 radical (unpaired) electrons. The van der Waals surface area contributed by atoms with Crippen molar-refractivity contribution in [3.05, 3.63) is 24.0 Å². The van der Waals surface area contributed by atoms with Crippen LogP contribution in [0.4, 0.5) is 0 Å². The Balaban J connectivity index is 2.28. The van der Waals surface area contributed by atoms with Gasteiger partial charge in [0.25, 0.3) is 0 Å². The Morgan fingerprint density at radius 3 is 2.81 bits per heavy atom. The lowest BCUT2D eigenvalue weighted by atomic mass is 9.74. The van der Waals surface area contributed by atoms with Crippen LogP contribution < -0.4 is 10.5 Å². The summed E-state index contributed by atoms with van der Waals surface area (Å²) in [6.07, 6.45) is 4.98. The van der Waals surface area contributed by atoms with Gasteiger partial charge in [-0.3, -0.25) is 0 Å². The number of aromatic nitrogens is 1. The van der Waals surface area contributed by atoms with E-state index < -0.39 is 15.6 Å². The lowest BCUT2D eigenvalue weighted by Gasteiger charge is -2.42. The van der Waals surface area contributed by atoms with E-state index in [2.05, 4.69) is 9.71 Å². The zero-order valence-electron chi connectivity index (χ0n) is 12.0. The highest BCUT2D eigenvalue weighted by Gasteiger charge is 2.40. The van der Waals surface area contributed by atoms with Gasteiger partial charge in [0, 0.05) is 18.3 Å². The summed E-state index contributed by atoms with van der Waals surface area (Å²) in [5.41, 5.74) is 5.47. The fourth-order valence-corrected chi connectivity index (χ4v) is 4.32. The van der Waals surface area contributed by atoms with Gasteiger partial charge >= 0.3 is 0 Å². The van der Waals surface area contributed by atoms with Crippen LogP contribution in [-0.4, -0.2) is 25.5 Å². The van der Waals surface area contributed by atoms with E-state index in [4.69, 9.17) is 11.0 Å². The van der Waals surface area contributed by atoms with E-state index in [1.807, 2.05) is 13.0 Å². The van der Waals surface area contributed by atoms with Crippen molar-refractivity contribution in [2.75, 3.05) is 6.54 Å². The van der Waals surface area contributed by atoms with E-state index in [9.17, 15) is 8.42 Å². The number of hydrogen-bond acceptors (Lipinski definition) is 5. The van der Waals surface area contributed by atoms with Gasteiger partial charge in [-0.05, 0) is 30.9 Å². The largest absolute Gasteiger partial charge is 0.329 e. The van der Waals surface area contributed by atoms with Gasteiger partial charge < -0.3 is 5.73 Å². The third-order valence-corrected chi connectivity index (χ3v) is 5.85. The minimum Gasteiger partial charge on any atom is -0.329 e. The van der Waals surface area contributed by atoms with Crippen molar-refractivity contribution >= 4 is 10.0 Å². The summed E-state index contributed by atoms with van der Waals surface area (Å²) in [6.45, 7) is 2.31. The summed E-state index contributed by atoms with van der Waals surface area (Å²) in [5.74, 6) is 0.192. The number of hydrogen-bond donors (Lipinski definition) is 2. The lowest BCUT2D eigenvalue weighted by Crippen LogP contribution is -2.58. The molecule has 1 aromatic heterocycles. The molecule has 0 aliphatic heterocycles. The zero-order valence-corrected chi connectivity index (χ0v) is 12.9. The van der Waals surface area contributed by atoms with E-state index in [1.54, 1.807) is 0 Å². The molecule has 6 nitrogen and oxygen atoms in total. The minimum absolute atomic E-state index is 0.0621. The van der Waals surface area contributed by atoms with Gasteiger partial charge in [-0.2, -0.15) is 5.26 Å². The third kappa shape index (κ3) is 3.23. The van der Waals surface area contributed by atoms with Crippen molar-refractivity contribution in [2.45, 2.75) is 43.0 Å². The Kier molecular flexibility index (Phi) is 4.61. The number of nitrogens with two attached hydrogens (primary N) is 1. The fraction of sp³-hybridized carbons (Fsp3) is 0.571. The van der Waals surface area contributed by atoms with Crippen LogP contribution in [0.3, 0.4) is 0 Å². The minimum atomic E-state index is -3.69. The van der Waals surface area contributed by atoms with E-state index >= 15 is 0 Å². The van der Waals surface area contributed by atoms with Crippen molar-refractivity contribution in [3.63, 3.8) is 0 Å². The maximum atomic E-state index is 12.5. The van der Waals surface area contributed by atoms with Gasteiger partial charge in [-0.15, -0.1) is 0 Å². The molecular formula is C14H20N4O2S. The van der Waals surface area contributed by atoms with Gasteiger partial charge in [0.1, 0.15) is 16.7 Å². The number of nitrogens with one attached hydrogen (secondary N) is 1. The SMILES string of the molecule is CC1CCCCC1(CN)NS(=O)(=O)c1ccc(C#N)nc1. The Hall–Kier alpha value is -1.49. The Morgan fingerprint density at radius 1 is 1.52 bits per heavy atom. The van der Waals surface area contributed by atoms with Gasteiger partial charge in [0.15, 0.2) is 0 Å². The third-order valence-electron chi connectivity index (χ3n) is 4.32. The van der Waals surface area contributed by atoms with Crippen molar-refractivity contribution in [3.8, 4) is 6.07 Å². The molecule has 0 spiro atoms. The standard InChI is InChI=1S/C14H20N4O2S/c1-11-4-2-3-7-14(11,10-16)18-21(19,20)13-6-5-12(8-15)17-9-13/h5-6,9,11,18H,2-4,7,10,16H2,1H3. The van der Waals surface area contributed by atoms with Crippen LogP contribution in [-0.2, 0) is 10.0 Å². The normalized spacial score (nSPS) is 26.2. The van der Waals surface area contributed by atoms with Gasteiger partial charge in [-0.25, -0.2) is 18.1 Å². The maximum Gasteiger partial charge on any atom is 0.242 e. The van der Waals surface area contributed by atoms with Crippen molar-refractivity contribution in [1.82, 2.24) is 9.71 Å². The molecule has 1 heterocycles. The van der Waals surface area contributed by atoms with Gasteiger partial charge in [0.05, 0.1) is 0 Å². The monoisotopic (exact) mass is 308 g/mol. The summed E-state index contributed by atoms with van der Waals surface area (Å²) in [6, 6.07) is 4.66. The quantitative estimate of drug-likeness (QED) is 0.867. The molecule has 1 aliphatic carbocycles. The molecule has 0 saturated heterocycles. The average Bonchev–Trinajstić information content (AvgIpc) is 2.49. The van der Waals surface area contributed by atoms with Crippen LogP contribution in [0, 0.1) is 17.2 Å². The predicted molar refractivity (Wildman–Crippen MR) is 78.7 cm³/mol. The Bertz CT molecular complexity index is 636. The van der Waals surface area contributed by atoms with E-state index in [0.29, 0.717) is 0 Å². The topological polar surface area (TPSA) is 109 Å². The smallest absolute Gasteiger partial charge is 0.242 e. The highest BCUT2D eigenvalue weighted by molar-refractivity contribution is 7.89. The summed E-state index contributed by atoms with van der Waals surface area (Å²) >= 11 is 0. The molecule has 0 amide bonds. The summed E-state index contributed by atoms with van der Waals surface area (Å²) in [5, 5.41) is 8.71. The van der Waals surface area contributed by atoms with E-state index in [-0.39, 0.29) is 23.1 Å². The molecule has 1 saturated carbocycles. The van der Waals surface area contributed by atoms with Crippen LogP contribution in [0.15, 0.2) is 23.2 Å². The summed E-state index contributed by atoms with van der Waals surface area (Å²) in [4.78, 5) is 3.87. The molecule has 2 rings (SSSR count). The second-order valence-electron chi connectivity index (χ2n) is 5.60. The predicted octanol–water partition coefficient (Wildman–Crippen LogP) is 1.14. The van der Waals surface area contributed by atoms with Crippen molar-refractivity contribution in [2.24, 2.45) is 11.7 Å². The first-order valence-electron chi connectivity index (χ1n) is 7.04. The molecule has 2 atom stereocenters. The van der Waals surface area contributed by atoms with Crippen LogP contribution in [0.25, 0.3) is 0 Å². The highest BCUT2D eigenvalue weighted by Crippen LogP contribution is 2.34. The lowest BCUT2D eigenvalue weighted by molar-refractivity contribution is 0.191. The van der Waals surface area contributed by atoms with Crippen LogP contribution >= 0.6 is 0 Å². The van der Waals surface area contributed by atoms with Crippen LogP contribution in [0.2, 0.25) is 0 Å². The molecule has 1 fully saturated rings. The molecule has 2 unspecified atom stereocenters. The van der Waals surface area contributed by atoms with Crippen molar-refractivity contribution in [1.29, 1.82) is 5.26 Å². The number of sulfonamides is 1. The molecule has 1 aromatic rings. The molecule has 0 aromatic carbocycles. The zero-order chi connectivity index (χ0) is 15.5. The molecule has 1 aliphatic rings. The van der Waals surface area contributed by atoms with E-state index in [0.717, 1.165) is 25.7 Å². The molecule has 3 N–H and O–H groups in total. The van der Waals surface area contributed by atoms with E-state index in [1.165, 1.54) is 18.3 Å². The van der Waals surface area contributed by atoms with Crippen LogP contribution in [0.5, 0.6) is 0 Å². The first kappa shape index (κ1) is 15.9. The second kappa shape index (κ2) is 6.10. The number of rotatable bonds is 4. The van der Waals surface area contributed by atoms with Gasteiger partial charge in [0.2, 0.25) is 10.0 Å². The van der Waals surface area contributed by atoms with Crippen LogP contribution in [0.1, 0.15) is 38.3 Å². The number of nitriles is 1. The van der Waals surface area contributed by atoms with Gasteiger partial charge in [-0.1, -0.05) is 19.8 Å².